The lowest BCUT2D eigenvalue weighted by Gasteiger charge is -2.31. The zero-order valence-corrected chi connectivity index (χ0v) is 21.2. The minimum atomic E-state index is -0.194. The van der Waals surface area contributed by atoms with Gasteiger partial charge in [0.15, 0.2) is 11.6 Å². The number of Topliss-reactive ketones (excluding diaryl/α,β-unsaturated/α-hetero) is 2. The molecule has 37 heavy (non-hydrogen) atoms. The molecule has 0 radical (unpaired) electrons. The Bertz CT molecular complexity index is 1190. The van der Waals surface area contributed by atoms with Crippen LogP contribution in [-0.4, -0.2) is 48.5 Å². The first-order valence-corrected chi connectivity index (χ1v) is 13.3. The molecule has 2 saturated heterocycles. The second-order valence-electron chi connectivity index (χ2n) is 10.2. The van der Waals surface area contributed by atoms with Crippen LogP contribution in [0, 0.1) is 0 Å². The molecule has 2 aliphatic heterocycles. The third-order valence-electron chi connectivity index (χ3n) is 7.41. The van der Waals surface area contributed by atoms with Gasteiger partial charge in [-0.3, -0.25) is 9.59 Å². The van der Waals surface area contributed by atoms with E-state index in [1.165, 1.54) is 0 Å². The van der Waals surface area contributed by atoms with Crippen LogP contribution in [0.1, 0.15) is 47.2 Å². The molecule has 192 valence electrons. The number of hydrogen-bond acceptors (Lipinski definition) is 6. The van der Waals surface area contributed by atoms with Crippen LogP contribution >= 0.6 is 0 Å². The smallest absolute Gasteiger partial charge is 0.167 e. The van der Waals surface area contributed by atoms with E-state index in [2.05, 4.69) is 15.5 Å². The average Bonchev–Trinajstić information content (AvgIpc) is 3.47. The maximum Gasteiger partial charge on any atom is 0.167 e. The maximum absolute atomic E-state index is 12.8. The quantitative estimate of drug-likeness (QED) is 0.373. The number of carbonyl (C=O) groups is 2. The summed E-state index contributed by atoms with van der Waals surface area (Å²) in [7, 11) is 0. The van der Waals surface area contributed by atoms with Gasteiger partial charge in [0.2, 0.25) is 0 Å². The SMILES string of the molecule is O=C(Cc1ccc(Nc2ccc(CC(=O)C3CCCN3)cc2)cc1)c1ccc(N2CCC(O)CC2)cc1. The second kappa shape index (κ2) is 11.7. The van der Waals surface area contributed by atoms with E-state index in [4.69, 9.17) is 0 Å². The van der Waals surface area contributed by atoms with Gasteiger partial charge in [-0.1, -0.05) is 24.3 Å². The monoisotopic (exact) mass is 497 g/mol. The van der Waals surface area contributed by atoms with Crippen LogP contribution in [0.25, 0.3) is 0 Å². The molecule has 3 N–H and O–H groups in total. The van der Waals surface area contributed by atoms with Gasteiger partial charge in [-0.25, -0.2) is 0 Å². The highest BCUT2D eigenvalue weighted by atomic mass is 16.3. The summed E-state index contributed by atoms with van der Waals surface area (Å²) < 4.78 is 0. The van der Waals surface area contributed by atoms with Gasteiger partial charge in [0.1, 0.15) is 0 Å². The number of rotatable bonds is 9. The van der Waals surface area contributed by atoms with Crippen LogP contribution in [-0.2, 0) is 17.6 Å². The summed E-state index contributed by atoms with van der Waals surface area (Å²) >= 11 is 0. The van der Waals surface area contributed by atoms with Crippen molar-refractivity contribution in [2.75, 3.05) is 29.9 Å². The Morgan fingerprint density at radius 3 is 1.97 bits per heavy atom. The Hall–Kier alpha value is -3.48. The highest BCUT2D eigenvalue weighted by molar-refractivity contribution is 5.97. The van der Waals surface area contributed by atoms with Crippen molar-refractivity contribution in [2.24, 2.45) is 0 Å². The van der Waals surface area contributed by atoms with E-state index in [1.54, 1.807) is 0 Å². The Labute approximate surface area is 218 Å². The van der Waals surface area contributed by atoms with Gasteiger partial charge in [-0.05, 0) is 91.9 Å². The number of nitrogens with one attached hydrogen (secondary N) is 2. The third kappa shape index (κ3) is 6.64. The van der Waals surface area contributed by atoms with Crippen molar-refractivity contribution >= 4 is 28.6 Å². The van der Waals surface area contributed by atoms with Crippen molar-refractivity contribution in [3.8, 4) is 0 Å². The predicted octanol–water partition coefficient (Wildman–Crippen LogP) is 4.68. The topological polar surface area (TPSA) is 81.7 Å². The minimum absolute atomic E-state index is 0.0120. The van der Waals surface area contributed by atoms with E-state index in [0.717, 1.165) is 73.5 Å². The van der Waals surface area contributed by atoms with E-state index < -0.39 is 0 Å². The van der Waals surface area contributed by atoms with Crippen LogP contribution in [0.4, 0.5) is 17.1 Å². The van der Waals surface area contributed by atoms with E-state index >= 15 is 0 Å². The molecule has 0 amide bonds. The van der Waals surface area contributed by atoms with Crippen LogP contribution in [0.2, 0.25) is 0 Å². The molecule has 0 aliphatic carbocycles. The standard InChI is InChI=1S/C31H35N3O3/c35-28-15-18-34(19-16-28)27-13-7-24(8-14-27)30(36)20-22-3-9-25(10-4-22)33-26-11-5-23(6-12-26)21-31(37)29-2-1-17-32-29/h3-14,28-29,32-33,35H,1-2,15-21H2. The molecule has 2 heterocycles. The molecule has 2 fully saturated rings. The predicted molar refractivity (Wildman–Crippen MR) is 148 cm³/mol. The fraction of sp³-hybridized carbons (Fsp3) is 0.355. The Balaban J connectivity index is 1.12. The number of benzene rings is 3. The summed E-state index contributed by atoms with van der Waals surface area (Å²) in [5, 5.41) is 16.4. The van der Waals surface area contributed by atoms with Gasteiger partial charge in [0.25, 0.3) is 0 Å². The van der Waals surface area contributed by atoms with Gasteiger partial charge in [-0.2, -0.15) is 0 Å². The van der Waals surface area contributed by atoms with Crippen molar-refractivity contribution in [3.05, 3.63) is 89.5 Å². The third-order valence-corrected chi connectivity index (χ3v) is 7.41. The highest BCUT2D eigenvalue weighted by Crippen LogP contribution is 2.22. The largest absolute Gasteiger partial charge is 0.393 e. The molecule has 0 aromatic heterocycles. The highest BCUT2D eigenvalue weighted by Gasteiger charge is 2.21. The lowest BCUT2D eigenvalue weighted by atomic mass is 10.0. The zero-order chi connectivity index (χ0) is 25.6. The molecule has 0 spiro atoms. The van der Waals surface area contributed by atoms with E-state index in [-0.39, 0.29) is 23.7 Å². The normalized spacial score (nSPS) is 18.1. The van der Waals surface area contributed by atoms with Crippen molar-refractivity contribution in [2.45, 2.75) is 50.7 Å². The van der Waals surface area contributed by atoms with Crippen LogP contribution in [0.5, 0.6) is 0 Å². The molecule has 1 unspecified atom stereocenters. The molecule has 0 bridgehead atoms. The summed E-state index contributed by atoms with van der Waals surface area (Å²) in [6, 6.07) is 23.8. The fourth-order valence-corrected chi connectivity index (χ4v) is 5.13. The maximum atomic E-state index is 12.8. The number of nitrogens with zero attached hydrogens (tertiary/aromatic N) is 1. The molecule has 3 aromatic carbocycles. The number of aliphatic hydroxyl groups is 1. The molecule has 6 heteroatoms. The van der Waals surface area contributed by atoms with Crippen LogP contribution < -0.4 is 15.5 Å². The number of piperidine rings is 1. The molecule has 1 atom stereocenters. The van der Waals surface area contributed by atoms with Crippen molar-refractivity contribution < 1.29 is 14.7 Å². The van der Waals surface area contributed by atoms with Crippen molar-refractivity contribution in [3.63, 3.8) is 0 Å². The van der Waals surface area contributed by atoms with Gasteiger partial charge in [0.05, 0.1) is 12.1 Å². The Kier molecular flexibility index (Phi) is 7.97. The molecule has 0 saturated carbocycles. The number of ketones is 2. The van der Waals surface area contributed by atoms with E-state index in [0.29, 0.717) is 18.4 Å². The van der Waals surface area contributed by atoms with E-state index in [1.807, 2.05) is 72.8 Å². The number of aliphatic hydroxyl groups excluding tert-OH is 1. The summed E-state index contributed by atoms with van der Waals surface area (Å²) in [6.45, 7) is 2.62. The first-order chi connectivity index (χ1) is 18.0. The molecule has 2 aliphatic rings. The Morgan fingerprint density at radius 1 is 0.811 bits per heavy atom. The Morgan fingerprint density at radius 2 is 1.41 bits per heavy atom. The van der Waals surface area contributed by atoms with Gasteiger partial charge < -0.3 is 20.6 Å². The number of anilines is 3. The first kappa shape index (κ1) is 25.2. The second-order valence-corrected chi connectivity index (χ2v) is 10.2. The average molecular weight is 498 g/mol. The van der Waals surface area contributed by atoms with Gasteiger partial charge in [-0.15, -0.1) is 0 Å². The van der Waals surface area contributed by atoms with Crippen molar-refractivity contribution in [1.82, 2.24) is 5.32 Å². The number of hydrogen-bond donors (Lipinski definition) is 3. The summed E-state index contributed by atoms with van der Waals surface area (Å²) in [5.41, 5.74) is 5.73. The fourth-order valence-electron chi connectivity index (χ4n) is 5.13. The van der Waals surface area contributed by atoms with Gasteiger partial charge >= 0.3 is 0 Å². The number of carbonyl (C=O) groups excluding carboxylic acids is 2. The summed E-state index contributed by atoms with van der Waals surface area (Å²) in [4.78, 5) is 27.4. The van der Waals surface area contributed by atoms with Crippen LogP contribution in [0.3, 0.4) is 0 Å². The van der Waals surface area contributed by atoms with E-state index in [9.17, 15) is 14.7 Å². The molecular weight excluding hydrogens is 462 g/mol. The first-order valence-electron chi connectivity index (χ1n) is 13.3. The minimum Gasteiger partial charge on any atom is -0.393 e. The lowest BCUT2D eigenvalue weighted by molar-refractivity contribution is -0.120. The van der Waals surface area contributed by atoms with Crippen LogP contribution in [0.15, 0.2) is 72.8 Å². The zero-order valence-electron chi connectivity index (χ0n) is 21.2. The molecule has 3 aromatic rings. The van der Waals surface area contributed by atoms with Crippen molar-refractivity contribution in [1.29, 1.82) is 0 Å². The van der Waals surface area contributed by atoms with Gasteiger partial charge in [0, 0.05) is 48.6 Å². The summed E-state index contributed by atoms with van der Waals surface area (Å²) in [5.74, 6) is 0.362. The molecule has 5 rings (SSSR count). The lowest BCUT2D eigenvalue weighted by Crippen LogP contribution is -2.35. The molecule has 6 nitrogen and oxygen atoms in total. The summed E-state index contributed by atoms with van der Waals surface area (Å²) in [6.07, 6.45) is 4.22. The molecular formula is C31H35N3O3.